The zero-order valence-corrected chi connectivity index (χ0v) is 12.8. The van der Waals surface area contributed by atoms with Gasteiger partial charge in [0.1, 0.15) is 0 Å². The molecule has 1 saturated heterocycles. The number of thioether (sulfide) groups is 1. The minimum atomic E-state index is -3.35. The van der Waals surface area contributed by atoms with Crippen molar-refractivity contribution in [2.45, 2.75) is 29.5 Å². The summed E-state index contributed by atoms with van der Waals surface area (Å²) in [6, 6.07) is 1.68. The molecule has 0 bridgehead atoms. The Morgan fingerprint density at radius 2 is 2.33 bits per heavy atom. The average Bonchev–Trinajstić information content (AvgIpc) is 2.97. The molecule has 7 heteroatoms. The van der Waals surface area contributed by atoms with E-state index in [-0.39, 0.29) is 0 Å². The number of hydrogen-bond donors (Lipinski definition) is 2. The Kier molecular flexibility index (Phi) is 5.08. The lowest BCUT2D eigenvalue weighted by molar-refractivity contribution is 0.578. The Morgan fingerprint density at radius 1 is 1.50 bits per heavy atom. The Bertz CT molecular complexity index is 478. The molecule has 1 aromatic heterocycles. The summed E-state index contributed by atoms with van der Waals surface area (Å²) in [5.74, 6) is 1.15. The summed E-state index contributed by atoms with van der Waals surface area (Å²) in [6.07, 6.45) is 2.31. The third kappa shape index (κ3) is 3.48. The first-order chi connectivity index (χ1) is 8.63. The Hall–Kier alpha value is -0.0800. The Labute approximate surface area is 117 Å². The maximum atomic E-state index is 12.2. The van der Waals surface area contributed by atoms with Gasteiger partial charge in [-0.1, -0.05) is 0 Å². The SMILES string of the molecule is CNCc1sccc1S(=O)(=O)NCC1CCCS1. The van der Waals surface area contributed by atoms with Crippen LogP contribution in [-0.4, -0.2) is 33.0 Å². The van der Waals surface area contributed by atoms with Crippen molar-refractivity contribution in [3.63, 3.8) is 0 Å². The average molecular weight is 306 g/mol. The quantitative estimate of drug-likeness (QED) is 0.839. The molecule has 1 aliphatic heterocycles. The molecule has 1 atom stereocenters. The summed E-state index contributed by atoms with van der Waals surface area (Å²) < 4.78 is 27.1. The van der Waals surface area contributed by atoms with Crippen molar-refractivity contribution in [1.82, 2.24) is 10.0 Å². The molecule has 0 saturated carbocycles. The highest BCUT2D eigenvalue weighted by Crippen LogP contribution is 2.26. The molecule has 18 heavy (non-hydrogen) atoms. The number of sulfonamides is 1. The molecule has 0 spiro atoms. The predicted molar refractivity (Wildman–Crippen MR) is 77.8 cm³/mol. The summed E-state index contributed by atoms with van der Waals surface area (Å²) in [5, 5.41) is 5.26. The minimum absolute atomic E-state index is 0.421. The van der Waals surface area contributed by atoms with Gasteiger partial charge in [0.2, 0.25) is 10.0 Å². The van der Waals surface area contributed by atoms with Gasteiger partial charge in [-0.25, -0.2) is 13.1 Å². The molecule has 4 nitrogen and oxygen atoms in total. The van der Waals surface area contributed by atoms with Gasteiger partial charge in [-0.3, -0.25) is 0 Å². The van der Waals surface area contributed by atoms with Crippen LogP contribution in [0.2, 0.25) is 0 Å². The molecule has 102 valence electrons. The smallest absolute Gasteiger partial charge is 0.241 e. The third-order valence-corrected chi connectivity index (χ3v) is 6.81. The summed E-state index contributed by atoms with van der Waals surface area (Å²) in [7, 11) is -1.53. The zero-order chi connectivity index (χ0) is 13.0. The van der Waals surface area contributed by atoms with Crippen LogP contribution < -0.4 is 10.0 Å². The van der Waals surface area contributed by atoms with Gasteiger partial charge >= 0.3 is 0 Å². The summed E-state index contributed by atoms with van der Waals surface area (Å²) in [5.41, 5.74) is 0. The van der Waals surface area contributed by atoms with E-state index in [0.717, 1.165) is 17.1 Å². The van der Waals surface area contributed by atoms with E-state index in [2.05, 4.69) is 10.0 Å². The molecule has 2 heterocycles. The molecule has 0 amide bonds. The van der Waals surface area contributed by atoms with Crippen molar-refractivity contribution in [2.24, 2.45) is 0 Å². The van der Waals surface area contributed by atoms with Crippen LogP contribution in [0.1, 0.15) is 17.7 Å². The standard InChI is InChI=1S/C11H18N2O2S3/c1-12-8-10-11(4-6-17-10)18(14,15)13-7-9-3-2-5-16-9/h4,6,9,12-13H,2-3,5,7-8H2,1H3. The maximum absolute atomic E-state index is 12.2. The Balaban J connectivity index is 2.02. The van der Waals surface area contributed by atoms with Crippen molar-refractivity contribution >= 4 is 33.1 Å². The molecule has 2 rings (SSSR count). The maximum Gasteiger partial charge on any atom is 0.241 e. The van der Waals surface area contributed by atoms with Crippen molar-refractivity contribution in [3.8, 4) is 0 Å². The van der Waals surface area contributed by atoms with E-state index in [9.17, 15) is 8.42 Å². The van der Waals surface area contributed by atoms with E-state index in [4.69, 9.17) is 0 Å². The number of hydrogen-bond acceptors (Lipinski definition) is 5. The molecule has 1 fully saturated rings. The third-order valence-electron chi connectivity index (χ3n) is 2.86. The predicted octanol–water partition coefficient (Wildman–Crippen LogP) is 1.64. The lowest BCUT2D eigenvalue weighted by atomic mass is 10.2. The normalized spacial score (nSPS) is 20.4. The highest BCUT2D eigenvalue weighted by Gasteiger charge is 2.22. The van der Waals surface area contributed by atoms with Gasteiger partial charge < -0.3 is 5.32 Å². The van der Waals surface area contributed by atoms with E-state index in [1.165, 1.54) is 17.8 Å². The zero-order valence-electron chi connectivity index (χ0n) is 10.3. The fourth-order valence-electron chi connectivity index (χ4n) is 1.94. The fourth-order valence-corrected chi connectivity index (χ4v) is 5.79. The topological polar surface area (TPSA) is 58.2 Å². The van der Waals surface area contributed by atoms with Crippen LogP contribution in [0.15, 0.2) is 16.3 Å². The lowest BCUT2D eigenvalue weighted by Gasteiger charge is -2.11. The highest BCUT2D eigenvalue weighted by molar-refractivity contribution is 8.00. The van der Waals surface area contributed by atoms with Gasteiger partial charge in [0.15, 0.2) is 0 Å². The first-order valence-corrected chi connectivity index (χ1v) is 9.37. The summed E-state index contributed by atoms with van der Waals surface area (Å²) >= 11 is 3.33. The molecule has 2 N–H and O–H groups in total. The second-order valence-electron chi connectivity index (χ2n) is 4.23. The van der Waals surface area contributed by atoms with Crippen LogP contribution in [0.5, 0.6) is 0 Å². The molecule has 1 unspecified atom stereocenters. The molecular formula is C11H18N2O2S3. The van der Waals surface area contributed by atoms with Gasteiger partial charge in [0.25, 0.3) is 0 Å². The summed E-state index contributed by atoms with van der Waals surface area (Å²) in [6.45, 7) is 1.13. The van der Waals surface area contributed by atoms with Gasteiger partial charge in [-0.05, 0) is 37.1 Å². The second kappa shape index (κ2) is 6.38. The molecule has 0 radical (unpaired) electrons. The molecular weight excluding hydrogens is 288 g/mol. The second-order valence-corrected chi connectivity index (χ2v) is 8.37. The first-order valence-electron chi connectivity index (χ1n) is 5.95. The Morgan fingerprint density at radius 3 is 3.00 bits per heavy atom. The van der Waals surface area contributed by atoms with Crippen LogP contribution in [0.3, 0.4) is 0 Å². The largest absolute Gasteiger partial charge is 0.315 e. The van der Waals surface area contributed by atoms with Gasteiger partial charge in [-0.15, -0.1) is 11.3 Å². The van der Waals surface area contributed by atoms with Crippen molar-refractivity contribution < 1.29 is 8.42 Å². The van der Waals surface area contributed by atoms with Gasteiger partial charge in [-0.2, -0.15) is 11.8 Å². The molecule has 1 aromatic rings. The molecule has 0 aliphatic carbocycles. The molecule has 1 aliphatic rings. The van der Waals surface area contributed by atoms with Crippen molar-refractivity contribution in [3.05, 3.63) is 16.3 Å². The van der Waals surface area contributed by atoms with E-state index < -0.39 is 10.0 Å². The first kappa shape index (κ1) is 14.3. The van der Waals surface area contributed by atoms with E-state index in [1.54, 1.807) is 6.07 Å². The number of rotatable bonds is 6. The van der Waals surface area contributed by atoms with E-state index in [0.29, 0.717) is 23.2 Å². The van der Waals surface area contributed by atoms with Crippen LogP contribution in [0.4, 0.5) is 0 Å². The van der Waals surface area contributed by atoms with Crippen molar-refractivity contribution in [2.75, 3.05) is 19.3 Å². The van der Waals surface area contributed by atoms with Crippen LogP contribution in [0, 0.1) is 0 Å². The van der Waals surface area contributed by atoms with E-state index >= 15 is 0 Å². The number of thiophene rings is 1. The van der Waals surface area contributed by atoms with Crippen LogP contribution >= 0.6 is 23.1 Å². The van der Waals surface area contributed by atoms with E-state index in [1.807, 2.05) is 24.2 Å². The highest BCUT2D eigenvalue weighted by atomic mass is 32.2. The monoisotopic (exact) mass is 306 g/mol. The fraction of sp³-hybridized carbons (Fsp3) is 0.636. The minimum Gasteiger partial charge on any atom is -0.315 e. The van der Waals surface area contributed by atoms with Gasteiger partial charge in [0, 0.05) is 23.2 Å². The molecule has 0 aromatic carbocycles. The summed E-state index contributed by atoms with van der Waals surface area (Å²) in [4.78, 5) is 1.29. The van der Waals surface area contributed by atoms with Crippen molar-refractivity contribution in [1.29, 1.82) is 0 Å². The van der Waals surface area contributed by atoms with Crippen LogP contribution in [0.25, 0.3) is 0 Å². The number of nitrogens with one attached hydrogen (secondary N) is 2. The van der Waals surface area contributed by atoms with Gasteiger partial charge in [0.05, 0.1) is 4.90 Å². The lowest BCUT2D eigenvalue weighted by Crippen LogP contribution is -2.30. The van der Waals surface area contributed by atoms with Crippen LogP contribution in [-0.2, 0) is 16.6 Å².